The van der Waals surface area contributed by atoms with Crippen molar-refractivity contribution in [3.8, 4) is 0 Å². The molecule has 0 rings (SSSR count). The van der Waals surface area contributed by atoms with E-state index in [0.717, 1.165) is 38.9 Å². The van der Waals surface area contributed by atoms with Gasteiger partial charge in [0, 0.05) is 13.1 Å². The van der Waals surface area contributed by atoms with Gasteiger partial charge in [-0.3, -0.25) is 15.1 Å². The molecule has 4 N–H and O–H groups in total. The van der Waals surface area contributed by atoms with E-state index in [9.17, 15) is 9.90 Å². The van der Waals surface area contributed by atoms with Gasteiger partial charge in [-0.2, -0.15) is 0 Å². The van der Waals surface area contributed by atoms with Crippen molar-refractivity contribution in [3.63, 3.8) is 0 Å². The van der Waals surface area contributed by atoms with Gasteiger partial charge in [0.05, 0.1) is 0 Å². The highest BCUT2D eigenvalue weighted by Crippen LogP contribution is 2.16. The van der Waals surface area contributed by atoms with Gasteiger partial charge in [0.25, 0.3) is 0 Å². The van der Waals surface area contributed by atoms with Gasteiger partial charge in [0.15, 0.2) is 5.96 Å². The minimum Gasteiger partial charge on any atom is -0.480 e. The lowest BCUT2D eigenvalue weighted by Gasteiger charge is -2.29. The number of rotatable bonds is 29. The Hall–Kier alpha value is -1.30. The summed E-state index contributed by atoms with van der Waals surface area (Å²) in [6.45, 7) is 9.65. The molecule has 38 heavy (non-hydrogen) atoms. The molecule has 0 aromatic heterocycles. The number of unbranched alkanes of at least 4 members (excludes halogenated alkanes) is 18. The van der Waals surface area contributed by atoms with Crippen molar-refractivity contribution in [1.29, 1.82) is 5.41 Å². The summed E-state index contributed by atoms with van der Waals surface area (Å²) in [5.74, 6) is -0.363. The molecule has 0 saturated carbocycles. The van der Waals surface area contributed by atoms with Gasteiger partial charge in [-0.05, 0) is 45.7 Å². The van der Waals surface area contributed by atoms with E-state index < -0.39 is 12.0 Å². The molecule has 1 unspecified atom stereocenters. The Balaban J connectivity index is 4.42. The second kappa shape index (κ2) is 28.7. The molecule has 0 aliphatic rings. The van der Waals surface area contributed by atoms with E-state index in [0.29, 0.717) is 18.9 Å². The van der Waals surface area contributed by atoms with E-state index in [1.807, 2.05) is 6.92 Å². The van der Waals surface area contributed by atoms with Crippen LogP contribution in [0, 0.1) is 5.41 Å². The summed E-state index contributed by atoms with van der Waals surface area (Å²) in [6, 6.07) is -0.415. The highest BCUT2D eigenvalue weighted by atomic mass is 16.4. The average Bonchev–Trinajstić information content (AvgIpc) is 2.90. The monoisotopic (exact) mass is 539 g/mol. The van der Waals surface area contributed by atoms with Crippen molar-refractivity contribution in [3.05, 3.63) is 0 Å². The van der Waals surface area contributed by atoms with Crippen LogP contribution in [0.4, 0.5) is 0 Å². The van der Waals surface area contributed by atoms with Crippen molar-refractivity contribution in [2.24, 2.45) is 0 Å². The number of aliphatic carboxylic acids is 1. The first kappa shape index (κ1) is 36.7. The molecule has 0 amide bonds. The Morgan fingerprint density at radius 3 is 1.39 bits per heavy atom. The third-order valence-electron chi connectivity index (χ3n) is 7.63. The Labute approximate surface area is 237 Å². The van der Waals surface area contributed by atoms with Crippen LogP contribution in [0.5, 0.6) is 0 Å². The van der Waals surface area contributed by atoms with Crippen molar-refractivity contribution < 1.29 is 9.90 Å². The molecular formula is C32H66N4O2. The molecule has 6 heteroatoms. The van der Waals surface area contributed by atoms with Crippen molar-refractivity contribution in [1.82, 2.24) is 15.5 Å². The summed E-state index contributed by atoms with van der Waals surface area (Å²) < 4.78 is 0. The highest BCUT2D eigenvalue weighted by Gasteiger charge is 2.24. The van der Waals surface area contributed by atoms with Crippen LogP contribution in [-0.4, -0.2) is 54.2 Å². The van der Waals surface area contributed by atoms with Crippen molar-refractivity contribution in [2.45, 2.75) is 168 Å². The number of hydrogen-bond donors (Lipinski definition) is 4. The largest absolute Gasteiger partial charge is 0.480 e. The first-order valence-corrected chi connectivity index (χ1v) is 16.6. The van der Waals surface area contributed by atoms with Crippen LogP contribution in [0.2, 0.25) is 0 Å². The van der Waals surface area contributed by atoms with Gasteiger partial charge in [-0.15, -0.1) is 0 Å². The van der Waals surface area contributed by atoms with Crippen LogP contribution >= 0.6 is 0 Å². The zero-order valence-electron chi connectivity index (χ0n) is 25.8. The second-order valence-corrected chi connectivity index (χ2v) is 11.2. The van der Waals surface area contributed by atoms with E-state index in [2.05, 4.69) is 29.4 Å². The van der Waals surface area contributed by atoms with E-state index in [4.69, 9.17) is 5.41 Å². The van der Waals surface area contributed by atoms with Gasteiger partial charge in [-0.25, -0.2) is 0 Å². The van der Waals surface area contributed by atoms with Gasteiger partial charge < -0.3 is 15.7 Å². The maximum Gasteiger partial charge on any atom is 0.320 e. The number of hydrogen-bond acceptors (Lipinski definition) is 3. The number of nitrogens with one attached hydrogen (secondary N) is 3. The van der Waals surface area contributed by atoms with E-state index in [1.54, 1.807) is 0 Å². The summed E-state index contributed by atoms with van der Waals surface area (Å²) >= 11 is 0. The fourth-order valence-corrected chi connectivity index (χ4v) is 5.24. The van der Waals surface area contributed by atoms with Gasteiger partial charge in [0.2, 0.25) is 0 Å². The Morgan fingerprint density at radius 2 is 1.03 bits per heavy atom. The van der Waals surface area contributed by atoms with Crippen molar-refractivity contribution in [2.75, 3.05) is 26.2 Å². The average molecular weight is 539 g/mol. The fraction of sp³-hybridized carbons (Fsp3) is 0.938. The zero-order valence-corrected chi connectivity index (χ0v) is 25.8. The summed E-state index contributed by atoms with van der Waals surface area (Å²) in [4.78, 5) is 14.5. The van der Waals surface area contributed by atoms with Crippen LogP contribution < -0.4 is 10.6 Å². The van der Waals surface area contributed by atoms with Crippen LogP contribution in [0.25, 0.3) is 0 Å². The number of carboxylic acids is 1. The predicted molar refractivity (Wildman–Crippen MR) is 165 cm³/mol. The van der Waals surface area contributed by atoms with Gasteiger partial charge in [0.1, 0.15) is 6.04 Å². The fourth-order valence-electron chi connectivity index (χ4n) is 5.24. The molecule has 0 bridgehead atoms. The minimum absolute atomic E-state index is 0.326. The molecule has 0 aliphatic heterocycles. The predicted octanol–water partition coefficient (Wildman–Crippen LogP) is 8.50. The molecule has 0 aliphatic carbocycles. The molecule has 0 fully saturated rings. The van der Waals surface area contributed by atoms with Crippen LogP contribution in [0.15, 0.2) is 0 Å². The summed E-state index contributed by atoms with van der Waals surface area (Å²) in [5.41, 5.74) is 0. The third-order valence-corrected chi connectivity index (χ3v) is 7.63. The zero-order chi connectivity index (χ0) is 28.1. The smallest absolute Gasteiger partial charge is 0.320 e. The van der Waals surface area contributed by atoms with E-state index in [1.165, 1.54) is 116 Å². The summed E-state index contributed by atoms with van der Waals surface area (Å²) in [5, 5.41) is 23.8. The first-order chi connectivity index (χ1) is 18.6. The van der Waals surface area contributed by atoms with E-state index >= 15 is 0 Å². The lowest BCUT2D eigenvalue weighted by atomic mass is 10.0. The van der Waals surface area contributed by atoms with E-state index in [-0.39, 0.29) is 0 Å². The molecule has 0 spiro atoms. The highest BCUT2D eigenvalue weighted by molar-refractivity contribution is 5.76. The van der Waals surface area contributed by atoms with Gasteiger partial charge in [-0.1, -0.05) is 129 Å². The molecule has 1 atom stereocenters. The SMILES string of the molecule is CCCCCCCCCCCCN(CCCCCCCCCCCC)C(CCCNC(=N)NCC)C(=O)O. The number of carboxylic acid groups (broad SMARTS) is 1. The molecule has 0 aromatic carbocycles. The normalized spacial score (nSPS) is 12.1. The summed E-state index contributed by atoms with van der Waals surface area (Å²) in [7, 11) is 0. The molecular weight excluding hydrogens is 472 g/mol. The minimum atomic E-state index is -0.689. The first-order valence-electron chi connectivity index (χ1n) is 16.6. The second-order valence-electron chi connectivity index (χ2n) is 11.2. The summed E-state index contributed by atoms with van der Waals surface area (Å²) in [6.07, 6.45) is 27.5. The van der Waals surface area contributed by atoms with Crippen LogP contribution in [0.1, 0.15) is 162 Å². The molecule has 0 saturated heterocycles. The molecule has 226 valence electrons. The Bertz CT molecular complexity index is 506. The van der Waals surface area contributed by atoms with Crippen LogP contribution in [0.3, 0.4) is 0 Å². The van der Waals surface area contributed by atoms with Crippen molar-refractivity contribution >= 4 is 11.9 Å². The Kier molecular flexibility index (Phi) is 27.7. The molecule has 6 nitrogen and oxygen atoms in total. The molecule has 0 aromatic rings. The standard InChI is InChI=1S/C32H66N4O2/c1-4-7-9-11-13-15-17-19-21-23-28-36(29-24-22-20-18-16-14-12-10-8-5-2)30(31(37)38)26-25-27-35-32(33)34-6-3/h30H,4-29H2,1-3H3,(H,37,38)(H3,33,34,35). The maximum atomic E-state index is 12.2. The number of guanidine groups is 1. The molecule has 0 heterocycles. The topological polar surface area (TPSA) is 88.5 Å². The van der Waals surface area contributed by atoms with Gasteiger partial charge >= 0.3 is 5.97 Å². The molecule has 0 radical (unpaired) electrons. The number of nitrogens with zero attached hydrogens (tertiary/aromatic N) is 1. The lowest BCUT2D eigenvalue weighted by molar-refractivity contribution is -0.143. The number of carbonyl (C=O) groups is 1. The quantitative estimate of drug-likeness (QED) is 0.0435. The van der Waals surface area contributed by atoms with Crippen LogP contribution in [-0.2, 0) is 4.79 Å². The third kappa shape index (κ3) is 23.8. The lowest BCUT2D eigenvalue weighted by Crippen LogP contribution is -2.43. The Morgan fingerprint density at radius 1 is 0.632 bits per heavy atom. The maximum absolute atomic E-state index is 12.2.